The van der Waals surface area contributed by atoms with E-state index in [1.807, 2.05) is 20.0 Å². The Morgan fingerprint density at radius 2 is 1.94 bits per heavy atom. The van der Waals surface area contributed by atoms with E-state index in [4.69, 9.17) is 0 Å². The van der Waals surface area contributed by atoms with Gasteiger partial charge in [-0.05, 0) is 32.5 Å². The fourth-order valence-electron chi connectivity index (χ4n) is 2.51. The summed E-state index contributed by atoms with van der Waals surface area (Å²) in [5.74, 6) is 0. The molecule has 0 radical (unpaired) electrons. The van der Waals surface area contributed by atoms with Crippen LogP contribution in [0, 0.1) is 0 Å². The number of rotatable bonds is 4. The van der Waals surface area contributed by atoms with Gasteiger partial charge in [-0.15, -0.1) is 0 Å². The van der Waals surface area contributed by atoms with Gasteiger partial charge in [-0.3, -0.25) is 4.68 Å². The molecular formula is C15H29N3. The van der Waals surface area contributed by atoms with Crippen molar-refractivity contribution in [2.45, 2.75) is 65.5 Å². The first-order chi connectivity index (χ1) is 8.81. The zero-order chi connectivity index (χ0) is 13.4. The van der Waals surface area contributed by atoms with Gasteiger partial charge in [0.25, 0.3) is 0 Å². The van der Waals surface area contributed by atoms with Crippen LogP contribution in [0.15, 0.2) is 12.3 Å². The first-order valence-corrected chi connectivity index (χ1v) is 7.52. The highest BCUT2D eigenvalue weighted by Gasteiger charge is 2.18. The molecule has 0 spiro atoms. The maximum absolute atomic E-state index is 4.52. The van der Waals surface area contributed by atoms with Gasteiger partial charge >= 0.3 is 0 Å². The number of aromatic nitrogens is 2. The average Bonchev–Trinajstić information content (AvgIpc) is 2.90. The van der Waals surface area contributed by atoms with Crippen molar-refractivity contribution < 1.29 is 0 Å². The highest BCUT2D eigenvalue weighted by Crippen LogP contribution is 2.28. The van der Waals surface area contributed by atoms with Crippen molar-refractivity contribution in [3.63, 3.8) is 0 Å². The minimum absolute atomic E-state index is 0.656. The molecule has 0 N–H and O–H groups in total. The van der Waals surface area contributed by atoms with Gasteiger partial charge < -0.3 is 4.90 Å². The van der Waals surface area contributed by atoms with Gasteiger partial charge in [0, 0.05) is 12.7 Å². The van der Waals surface area contributed by atoms with E-state index in [0.29, 0.717) is 6.04 Å². The maximum Gasteiger partial charge on any atom is 0.0527 e. The Hall–Kier alpha value is -0.830. The van der Waals surface area contributed by atoms with Crippen LogP contribution in [-0.2, 0) is 6.54 Å². The zero-order valence-corrected chi connectivity index (χ0v) is 12.5. The molecule has 1 heterocycles. The monoisotopic (exact) mass is 251 g/mol. The predicted octanol–water partition coefficient (Wildman–Crippen LogP) is 3.87. The van der Waals surface area contributed by atoms with Crippen LogP contribution < -0.4 is 0 Å². The van der Waals surface area contributed by atoms with Gasteiger partial charge in [0.05, 0.1) is 11.7 Å². The molecule has 1 aromatic heterocycles. The Morgan fingerprint density at radius 1 is 1.28 bits per heavy atom. The van der Waals surface area contributed by atoms with Gasteiger partial charge in [-0.25, -0.2) is 0 Å². The van der Waals surface area contributed by atoms with E-state index in [9.17, 15) is 0 Å². The third-order valence-corrected chi connectivity index (χ3v) is 3.64. The molecule has 104 valence electrons. The molecule has 0 bridgehead atoms. The van der Waals surface area contributed by atoms with E-state index >= 15 is 0 Å². The second-order valence-corrected chi connectivity index (χ2v) is 4.89. The third-order valence-electron chi connectivity index (χ3n) is 3.64. The molecule has 1 fully saturated rings. The number of hydrogen-bond donors (Lipinski definition) is 0. The lowest BCUT2D eigenvalue weighted by atomic mass is 9.95. The van der Waals surface area contributed by atoms with Crippen molar-refractivity contribution in [2.24, 2.45) is 0 Å². The van der Waals surface area contributed by atoms with E-state index in [0.717, 1.165) is 13.1 Å². The number of nitrogens with zero attached hydrogens (tertiary/aromatic N) is 3. The lowest BCUT2D eigenvalue weighted by molar-refractivity contribution is 0.290. The zero-order valence-electron chi connectivity index (χ0n) is 12.5. The normalized spacial score (nSPS) is 16.5. The van der Waals surface area contributed by atoms with Crippen LogP contribution in [0.5, 0.6) is 0 Å². The summed E-state index contributed by atoms with van der Waals surface area (Å²) in [6, 6.07) is 2.82. The molecule has 3 heteroatoms. The Balaban J connectivity index is 0.000000771. The first-order valence-electron chi connectivity index (χ1n) is 7.52. The minimum atomic E-state index is 0.656. The van der Waals surface area contributed by atoms with Crippen LogP contribution in [0.2, 0.25) is 0 Å². The van der Waals surface area contributed by atoms with E-state index in [2.05, 4.69) is 34.7 Å². The van der Waals surface area contributed by atoms with Gasteiger partial charge in [-0.1, -0.05) is 40.0 Å². The van der Waals surface area contributed by atoms with Crippen molar-refractivity contribution in [2.75, 3.05) is 13.6 Å². The molecule has 0 aliphatic heterocycles. The van der Waals surface area contributed by atoms with Crippen LogP contribution in [-0.4, -0.2) is 28.3 Å². The standard InChI is InChI=1S/C13H23N3.C2H6/c1-3-15(2)11-13-9-10-14-16(13)12-7-5-4-6-8-12;1-2/h9-10,12H,3-8,11H2,1-2H3;1-2H3. The molecule has 1 aromatic rings. The largest absolute Gasteiger partial charge is 0.301 e. The molecule has 2 rings (SSSR count). The van der Waals surface area contributed by atoms with E-state index in [1.54, 1.807) is 0 Å². The van der Waals surface area contributed by atoms with Crippen molar-refractivity contribution in [1.29, 1.82) is 0 Å². The summed E-state index contributed by atoms with van der Waals surface area (Å²) in [4.78, 5) is 2.33. The minimum Gasteiger partial charge on any atom is -0.301 e. The molecule has 3 nitrogen and oxygen atoms in total. The Bertz CT molecular complexity index is 313. The summed E-state index contributed by atoms with van der Waals surface area (Å²) in [5.41, 5.74) is 1.37. The molecule has 0 aromatic carbocycles. The Morgan fingerprint density at radius 3 is 2.56 bits per heavy atom. The third kappa shape index (κ3) is 4.13. The molecule has 0 unspecified atom stereocenters. The Kier molecular flexibility index (Phi) is 7.02. The summed E-state index contributed by atoms with van der Waals surface area (Å²) in [6.07, 6.45) is 8.71. The second kappa shape index (κ2) is 8.30. The highest BCUT2D eigenvalue weighted by molar-refractivity contribution is 5.02. The topological polar surface area (TPSA) is 21.1 Å². The van der Waals surface area contributed by atoms with Crippen LogP contribution in [0.4, 0.5) is 0 Å². The summed E-state index contributed by atoms with van der Waals surface area (Å²) in [6.45, 7) is 8.31. The second-order valence-electron chi connectivity index (χ2n) is 4.89. The maximum atomic E-state index is 4.52. The van der Waals surface area contributed by atoms with Crippen LogP contribution in [0.1, 0.15) is 64.6 Å². The summed E-state index contributed by atoms with van der Waals surface area (Å²) < 4.78 is 2.27. The lowest BCUT2D eigenvalue weighted by Gasteiger charge is -2.25. The van der Waals surface area contributed by atoms with E-state index in [-0.39, 0.29) is 0 Å². The van der Waals surface area contributed by atoms with Crippen molar-refractivity contribution in [3.8, 4) is 0 Å². The number of hydrogen-bond acceptors (Lipinski definition) is 2. The predicted molar refractivity (Wildman–Crippen MR) is 77.7 cm³/mol. The van der Waals surface area contributed by atoms with Gasteiger partial charge in [0.2, 0.25) is 0 Å². The summed E-state index contributed by atoms with van der Waals surface area (Å²) in [5, 5.41) is 4.52. The summed E-state index contributed by atoms with van der Waals surface area (Å²) in [7, 11) is 2.16. The quantitative estimate of drug-likeness (QED) is 0.810. The molecule has 0 amide bonds. The van der Waals surface area contributed by atoms with E-state index in [1.165, 1.54) is 37.8 Å². The van der Waals surface area contributed by atoms with Crippen LogP contribution in [0.3, 0.4) is 0 Å². The van der Waals surface area contributed by atoms with Gasteiger partial charge in [0.15, 0.2) is 0 Å². The SMILES string of the molecule is CC.CCN(C)Cc1ccnn1C1CCCCC1. The Labute approximate surface area is 112 Å². The van der Waals surface area contributed by atoms with Crippen molar-refractivity contribution in [3.05, 3.63) is 18.0 Å². The lowest BCUT2D eigenvalue weighted by Crippen LogP contribution is -2.22. The molecule has 1 saturated carbocycles. The fraction of sp³-hybridized carbons (Fsp3) is 0.800. The molecule has 0 saturated heterocycles. The van der Waals surface area contributed by atoms with Crippen molar-refractivity contribution >= 4 is 0 Å². The fourth-order valence-corrected chi connectivity index (χ4v) is 2.51. The highest BCUT2D eigenvalue weighted by atomic mass is 15.3. The molecular weight excluding hydrogens is 222 g/mol. The molecule has 1 aliphatic rings. The van der Waals surface area contributed by atoms with Gasteiger partial charge in [-0.2, -0.15) is 5.10 Å². The van der Waals surface area contributed by atoms with E-state index < -0.39 is 0 Å². The molecule has 1 aliphatic carbocycles. The molecule has 0 atom stereocenters. The molecule has 18 heavy (non-hydrogen) atoms. The average molecular weight is 251 g/mol. The van der Waals surface area contributed by atoms with Gasteiger partial charge in [0.1, 0.15) is 0 Å². The smallest absolute Gasteiger partial charge is 0.0527 e. The summed E-state index contributed by atoms with van der Waals surface area (Å²) >= 11 is 0. The van der Waals surface area contributed by atoms with Crippen LogP contribution in [0.25, 0.3) is 0 Å². The van der Waals surface area contributed by atoms with Crippen LogP contribution >= 0.6 is 0 Å². The first kappa shape index (κ1) is 15.2. The van der Waals surface area contributed by atoms with Crippen molar-refractivity contribution in [1.82, 2.24) is 14.7 Å².